The topological polar surface area (TPSA) is 79.8 Å². The highest BCUT2D eigenvalue weighted by atomic mass is 16.5. The van der Waals surface area contributed by atoms with Crippen LogP contribution < -0.4 is 15.0 Å². The fourth-order valence-corrected chi connectivity index (χ4v) is 3.83. The minimum atomic E-state index is 0.152. The van der Waals surface area contributed by atoms with E-state index in [0.29, 0.717) is 19.5 Å². The lowest BCUT2D eigenvalue weighted by atomic mass is 10.1. The summed E-state index contributed by atoms with van der Waals surface area (Å²) >= 11 is 0. The minimum Gasteiger partial charge on any atom is -0.497 e. The summed E-state index contributed by atoms with van der Waals surface area (Å²) in [7, 11) is 1.64. The Balaban J connectivity index is 1.23. The quantitative estimate of drug-likeness (QED) is 0.746. The van der Waals surface area contributed by atoms with E-state index in [9.17, 15) is 4.79 Å². The number of carbonyl (C=O) groups is 1. The SMILES string of the molecule is COc1ccc(CC(=O)N2CCN(c3ccc(NCC4CCCO4)nn3)CC2)cc1. The van der Waals surface area contributed by atoms with Gasteiger partial charge in [0.05, 0.1) is 19.6 Å². The zero-order chi connectivity index (χ0) is 20.8. The number of ether oxygens (including phenoxy) is 2. The lowest BCUT2D eigenvalue weighted by Crippen LogP contribution is -2.49. The molecule has 0 bridgehead atoms. The van der Waals surface area contributed by atoms with Crippen molar-refractivity contribution in [2.75, 3.05) is 56.7 Å². The molecule has 1 unspecified atom stereocenters. The highest BCUT2D eigenvalue weighted by Gasteiger charge is 2.22. The summed E-state index contributed by atoms with van der Waals surface area (Å²) in [6, 6.07) is 11.6. The average Bonchev–Trinajstić information content (AvgIpc) is 3.32. The van der Waals surface area contributed by atoms with Gasteiger partial charge in [-0.3, -0.25) is 4.79 Å². The lowest BCUT2D eigenvalue weighted by molar-refractivity contribution is -0.130. The van der Waals surface area contributed by atoms with Gasteiger partial charge in [-0.15, -0.1) is 10.2 Å². The van der Waals surface area contributed by atoms with E-state index in [1.165, 1.54) is 0 Å². The molecule has 160 valence electrons. The molecular formula is C22H29N5O3. The van der Waals surface area contributed by atoms with Crippen LogP contribution in [0.5, 0.6) is 5.75 Å². The first kappa shape index (κ1) is 20.4. The first-order chi connectivity index (χ1) is 14.7. The second-order valence-electron chi connectivity index (χ2n) is 7.69. The molecule has 0 saturated carbocycles. The fraction of sp³-hybridized carbons (Fsp3) is 0.500. The number of methoxy groups -OCH3 is 1. The largest absolute Gasteiger partial charge is 0.497 e. The van der Waals surface area contributed by atoms with Crippen LogP contribution in [0.4, 0.5) is 11.6 Å². The highest BCUT2D eigenvalue weighted by molar-refractivity contribution is 5.79. The molecule has 2 saturated heterocycles. The van der Waals surface area contributed by atoms with E-state index in [1.807, 2.05) is 41.3 Å². The maximum atomic E-state index is 12.6. The third-order valence-electron chi connectivity index (χ3n) is 5.66. The van der Waals surface area contributed by atoms with Crippen molar-refractivity contribution in [3.05, 3.63) is 42.0 Å². The first-order valence-electron chi connectivity index (χ1n) is 10.6. The van der Waals surface area contributed by atoms with Crippen molar-refractivity contribution in [1.29, 1.82) is 0 Å². The van der Waals surface area contributed by atoms with Gasteiger partial charge in [0.1, 0.15) is 11.6 Å². The van der Waals surface area contributed by atoms with Crippen molar-refractivity contribution < 1.29 is 14.3 Å². The number of amides is 1. The van der Waals surface area contributed by atoms with Crippen LogP contribution in [0.1, 0.15) is 18.4 Å². The number of hydrogen-bond acceptors (Lipinski definition) is 7. The summed E-state index contributed by atoms with van der Waals surface area (Å²) < 4.78 is 10.8. The number of rotatable bonds is 7. The number of benzene rings is 1. The van der Waals surface area contributed by atoms with Gasteiger partial charge >= 0.3 is 0 Å². The molecule has 3 heterocycles. The molecule has 1 aromatic carbocycles. The Morgan fingerprint density at radius 2 is 1.93 bits per heavy atom. The van der Waals surface area contributed by atoms with E-state index >= 15 is 0 Å². The zero-order valence-electron chi connectivity index (χ0n) is 17.4. The summed E-state index contributed by atoms with van der Waals surface area (Å²) in [5, 5.41) is 11.9. The number of carbonyl (C=O) groups excluding carboxylic acids is 1. The van der Waals surface area contributed by atoms with E-state index < -0.39 is 0 Å². The van der Waals surface area contributed by atoms with E-state index in [2.05, 4.69) is 20.4 Å². The molecule has 0 radical (unpaired) electrons. The van der Waals surface area contributed by atoms with Gasteiger partial charge in [0.2, 0.25) is 5.91 Å². The molecule has 1 aromatic heterocycles. The molecule has 2 aromatic rings. The van der Waals surface area contributed by atoms with E-state index in [4.69, 9.17) is 9.47 Å². The number of nitrogens with zero attached hydrogens (tertiary/aromatic N) is 4. The second kappa shape index (κ2) is 9.75. The summed E-state index contributed by atoms with van der Waals surface area (Å²) in [4.78, 5) is 16.7. The van der Waals surface area contributed by atoms with Crippen molar-refractivity contribution in [2.24, 2.45) is 0 Å². The Kier molecular flexibility index (Phi) is 6.63. The van der Waals surface area contributed by atoms with Gasteiger partial charge in [-0.1, -0.05) is 12.1 Å². The van der Waals surface area contributed by atoms with Crippen molar-refractivity contribution in [3.8, 4) is 5.75 Å². The Bertz CT molecular complexity index is 814. The Morgan fingerprint density at radius 3 is 2.57 bits per heavy atom. The van der Waals surface area contributed by atoms with Crippen molar-refractivity contribution in [3.63, 3.8) is 0 Å². The van der Waals surface area contributed by atoms with Gasteiger partial charge < -0.3 is 24.6 Å². The van der Waals surface area contributed by atoms with Gasteiger partial charge in [0.15, 0.2) is 5.82 Å². The van der Waals surface area contributed by atoms with Crippen LogP contribution in [-0.2, 0) is 16.0 Å². The van der Waals surface area contributed by atoms with Crippen LogP contribution in [0.3, 0.4) is 0 Å². The van der Waals surface area contributed by atoms with Crippen molar-refractivity contribution >= 4 is 17.5 Å². The van der Waals surface area contributed by atoms with Crippen LogP contribution >= 0.6 is 0 Å². The highest BCUT2D eigenvalue weighted by Crippen LogP contribution is 2.17. The number of aromatic nitrogens is 2. The maximum Gasteiger partial charge on any atom is 0.227 e. The smallest absolute Gasteiger partial charge is 0.227 e. The molecular weight excluding hydrogens is 382 g/mol. The molecule has 30 heavy (non-hydrogen) atoms. The van der Waals surface area contributed by atoms with Crippen LogP contribution in [0.25, 0.3) is 0 Å². The van der Waals surface area contributed by atoms with E-state index in [0.717, 1.165) is 62.0 Å². The van der Waals surface area contributed by atoms with Crippen LogP contribution in [0, 0.1) is 0 Å². The summed E-state index contributed by atoms with van der Waals surface area (Å²) in [5.41, 5.74) is 1.00. The van der Waals surface area contributed by atoms with Gasteiger partial charge in [0, 0.05) is 39.3 Å². The zero-order valence-corrected chi connectivity index (χ0v) is 17.4. The summed E-state index contributed by atoms with van der Waals surface area (Å²) in [6.07, 6.45) is 2.91. The summed E-state index contributed by atoms with van der Waals surface area (Å²) in [6.45, 7) is 4.51. The number of nitrogens with one attached hydrogen (secondary N) is 1. The van der Waals surface area contributed by atoms with Gasteiger partial charge in [-0.25, -0.2) is 0 Å². The summed E-state index contributed by atoms with van der Waals surface area (Å²) in [5.74, 6) is 2.57. The molecule has 1 atom stereocenters. The normalized spacial score (nSPS) is 19.0. The van der Waals surface area contributed by atoms with Crippen molar-refractivity contribution in [1.82, 2.24) is 15.1 Å². The van der Waals surface area contributed by atoms with E-state index in [1.54, 1.807) is 7.11 Å². The fourth-order valence-electron chi connectivity index (χ4n) is 3.83. The molecule has 2 aliphatic heterocycles. The lowest BCUT2D eigenvalue weighted by Gasteiger charge is -2.35. The van der Waals surface area contributed by atoms with Gasteiger partial charge in [-0.2, -0.15) is 0 Å². The molecule has 2 fully saturated rings. The minimum absolute atomic E-state index is 0.152. The molecule has 8 nitrogen and oxygen atoms in total. The first-order valence-corrected chi connectivity index (χ1v) is 10.6. The molecule has 2 aliphatic rings. The van der Waals surface area contributed by atoms with Gasteiger partial charge in [-0.05, 0) is 42.7 Å². The number of hydrogen-bond donors (Lipinski definition) is 1. The molecule has 0 aliphatic carbocycles. The van der Waals surface area contributed by atoms with Gasteiger partial charge in [0.25, 0.3) is 0 Å². The molecule has 1 N–H and O–H groups in total. The Hall–Kier alpha value is -2.87. The predicted octanol–water partition coefficient (Wildman–Crippen LogP) is 1.97. The van der Waals surface area contributed by atoms with E-state index in [-0.39, 0.29) is 12.0 Å². The predicted molar refractivity (Wildman–Crippen MR) is 115 cm³/mol. The maximum absolute atomic E-state index is 12.6. The van der Waals surface area contributed by atoms with Crippen molar-refractivity contribution in [2.45, 2.75) is 25.4 Å². The number of anilines is 2. The molecule has 4 rings (SSSR count). The monoisotopic (exact) mass is 411 g/mol. The molecule has 0 spiro atoms. The molecule has 1 amide bonds. The van der Waals surface area contributed by atoms with Crippen LogP contribution in [-0.4, -0.2) is 73.5 Å². The van der Waals surface area contributed by atoms with Crippen LogP contribution in [0.15, 0.2) is 36.4 Å². The van der Waals surface area contributed by atoms with Crippen LogP contribution in [0.2, 0.25) is 0 Å². The third-order valence-corrected chi connectivity index (χ3v) is 5.66. The second-order valence-corrected chi connectivity index (χ2v) is 7.69. The number of piperazine rings is 1. The average molecular weight is 412 g/mol. The Morgan fingerprint density at radius 1 is 1.13 bits per heavy atom. The standard InChI is InChI=1S/C22H29N5O3/c1-29-18-6-4-17(5-7-18)15-22(28)27-12-10-26(11-13-27)21-9-8-20(24-25-21)23-16-19-3-2-14-30-19/h4-9,19H,2-3,10-16H2,1H3,(H,23,24). The molecule has 8 heteroatoms. The Labute approximate surface area is 177 Å². The third kappa shape index (κ3) is 5.18.